The molecule has 0 atom stereocenters. The lowest BCUT2D eigenvalue weighted by Crippen LogP contribution is -2.10. The fourth-order valence-corrected chi connectivity index (χ4v) is 8.90. The Morgan fingerprint density at radius 1 is 0.276 bits per heavy atom. The number of anilines is 3. The van der Waals surface area contributed by atoms with Gasteiger partial charge in [-0.15, -0.1) is 0 Å². The predicted octanol–water partition coefficient (Wildman–Crippen LogP) is 15.6. The highest BCUT2D eigenvalue weighted by atomic mass is 15.1. The van der Waals surface area contributed by atoms with E-state index in [9.17, 15) is 0 Å². The highest BCUT2D eigenvalue weighted by Crippen LogP contribution is 2.41. The first-order valence-corrected chi connectivity index (χ1v) is 19.9. The second-order valence-corrected chi connectivity index (χ2v) is 14.9. The van der Waals surface area contributed by atoms with Gasteiger partial charge in [-0.2, -0.15) is 0 Å². The maximum Gasteiger partial charge on any atom is 0.0541 e. The average molecular weight is 739 g/mol. The number of benzene rings is 10. The second kappa shape index (κ2) is 14.1. The van der Waals surface area contributed by atoms with Gasteiger partial charge in [0.15, 0.2) is 0 Å². The molecule has 0 aliphatic carbocycles. The van der Waals surface area contributed by atoms with Crippen LogP contribution in [0.3, 0.4) is 0 Å². The molecule has 11 aromatic rings. The van der Waals surface area contributed by atoms with Gasteiger partial charge in [0.2, 0.25) is 0 Å². The van der Waals surface area contributed by atoms with Gasteiger partial charge < -0.3 is 9.47 Å². The van der Waals surface area contributed by atoms with Gasteiger partial charge >= 0.3 is 0 Å². The standard InChI is InChI=1S/C56H38N2/c1-2-14-39(15-3-1)47-19-6-7-20-48(47)41-28-33-43(34-29-41)57(45-17-12-18-46(38-45)58-55-26-10-8-22-53(55)54-23-9-11-27-56(54)58)44-35-30-42(31-36-44)50-24-13-25-51-49-21-5-4-16-40(49)32-37-52(50)51/h1-38H. The summed E-state index contributed by atoms with van der Waals surface area (Å²) in [6.45, 7) is 0. The highest BCUT2D eigenvalue weighted by Gasteiger charge is 2.18. The topological polar surface area (TPSA) is 8.17 Å². The van der Waals surface area contributed by atoms with E-state index in [0.29, 0.717) is 0 Å². The lowest BCUT2D eigenvalue weighted by Gasteiger charge is -2.27. The molecule has 0 aliphatic heterocycles. The van der Waals surface area contributed by atoms with E-state index < -0.39 is 0 Å². The molecular weight excluding hydrogens is 701 g/mol. The Bertz CT molecular complexity index is 3210. The summed E-state index contributed by atoms with van der Waals surface area (Å²) in [5, 5.41) is 7.58. The van der Waals surface area contributed by atoms with Crippen LogP contribution >= 0.6 is 0 Å². The molecule has 0 saturated heterocycles. The third-order valence-corrected chi connectivity index (χ3v) is 11.6. The summed E-state index contributed by atoms with van der Waals surface area (Å²) in [7, 11) is 0. The van der Waals surface area contributed by atoms with Crippen molar-refractivity contribution < 1.29 is 0 Å². The fraction of sp³-hybridized carbons (Fsp3) is 0. The van der Waals surface area contributed by atoms with Crippen molar-refractivity contribution in [2.75, 3.05) is 4.90 Å². The summed E-state index contributed by atoms with van der Waals surface area (Å²) in [4.78, 5) is 2.38. The van der Waals surface area contributed by atoms with E-state index >= 15 is 0 Å². The van der Waals surface area contributed by atoms with E-state index in [2.05, 4.69) is 240 Å². The minimum atomic E-state index is 1.08. The molecule has 0 fully saturated rings. The molecule has 1 heterocycles. The van der Waals surface area contributed by atoms with E-state index in [-0.39, 0.29) is 0 Å². The van der Waals surface area contributed by atoms with Crippen LogP contribution in [0, 0.1) is 0 Å². The molecule has 2 heteroatoms. The van der Waals surface area contributed by atoms with E-state index in [4.69, 9.17) is 0 Å². The van der Waals surface area contributed by atoms with Crippen LogP contribution in [-0.2, 0) is 0 Å². The molecule has 58 heavy (non-hydrogen) atoms. The Morgan fingerprint density at radius 3 is 1.45 bits per heavy atom. The van der Waals surface area contributed by atoms with Crippen LogP contribution in [0.25, 0.3) is 82.4 Å². The molecule has 1 aromatic heterocycles. The van der Waals surface area contributed by atoms with E-state index in [1.807, 2.05) is 0 Å². The maximum atomic E-state index is 2.39. The molecule has 0 aliphatic rings. The third-order valence-electron chi connectivity index (χ3n) is 11.6. The first-order valence-electron chi connectivity index (χ1n) is 19.9. The second-order valence-electron chi connectivity index (χ2n) is 14.9. The predicted molar refractivity (Wildman–Crippen MR) is 247 cm³/mol. The summed E-state index contributed by atoms with van der Waals surface area (Å²) in [6, 6.07) is 83.6. The summed E-state index contributed by atoms with van der Waals surface area (Å²) in [5.74, 6) is 0. The van der Waals surface area contributed by atoms with Gasteiger partial charge in [0, 0.05) is 33.5 Å². The molecule has 10 aromatic carbocycles. The molecule has 0 saturated carbocycles. The summed E-state index contributed by atoms with van der Waals surface area (Å²) >= 11 is 0. The van der Waals surface area contributed by atoms with Crippen LogP contribution in [0.1, 0.15) is 0 Å². The van der Waals surface area contributed by atoms with Gasteiger partial charge in [0.25, 0.3) is 0 Å². The van der Waals surface area contributed by atoms with Crippen molar-refractivity contribution in [1.29, 1.82) is 0 Å². The number of rotatable bonds is 7. The molecular formula is C56H38N2. The highest BCUT2D eigenvalue weighted by molar-refractivity contribution is 6.12. The maximum absolute atomic E-state index is 2.39. The van der Waals surface area contributed by atoms with E-state index in [1.54, 1.807) is 0 Å². The van der Waals surface area contributed by atoms with Gasteiger partial charge in [0.05, 0.1) is 11.0 Å². The van der Waals surface area contributed by atoms with E-state index in [0.717, 1.165) is 22.7 Å². The van der Waals surface area contributed by atoms with Crippen molar-refractivity contribution in [3.63, 3.8) is 0 Å². The average Bonchev–Trinajstić information content (AvgIpc) is 3.64. The number of fused-ring (bicyclic) bond motifs is 6. The van der Waals surface area contributed by atoms with Crippen LogP contribution in [0.4, 0.5) is 17.1 Å². The Kier molecular flexibility index (Phi) is 8.19. The van der Waals surface area contributed by atoms with Gasteiger partial charge in [-0.25, -0.2) is 0 Å². The molecule has 0 radical (unpaired) electrons. The zero-order valence-electron chi connectivity index (χ0n) is 31.8. The minimum Gasteiger partial charge on any atom is -0.310 e. The largest absolute Gasteiger partial charge is 0.310 e. The van der Waals surface area contributed by atoms with Crippen molar-refractivity contribution >= 4 is 60.4 Å². The van der Waals surface area contributed by atoms with Crippen LogP contribution in [-0.4, -0.2) is 4.57 Å². The molecule has 0 N–H and O–H groups in total. The monoisotopic (exact) mass is 738 g/mol. The molecule has 0 spiro atoms. The SMILES string of the molecule is c1ccc(-c2ccccc2-c2ccc(N(c3ccc(-c4cccc5c4ccc4ccccc45)cc3)c3cccc(-n4c5ccccc5c5ccccc54)c3)cc2)cc1. The minimum absolute atomic E-state index is 1.08. The Labute approximate surface area is 338 Å². The lowest BCUT2D eigenvalue weighted by molar-refractivity contribution is 1.17. The molecule has 2 nitrogen and oxygen atoms in total. The smallest absolute Gasteiger partial charge is 0.0541 e. The number of para-hydroxylation sites is 2. The Morgan fingerprint density at radius 2 is 0.776 bits per heavy atom. The third kappa shape index (κ3) is 5.74. The molecule has 0 bridgehead atoms. The van der Waals surface area contributed by atoms with E-state index in [1.165, 1.54) is 76.7 Å². The summed E-state index contributed by atoms with van der Waals surface area (Å²) < 4.78 is 2.39. The number of aromatic nitrogens is 1. The quantitative estimate of drug-likeness (QED) is 0.148. The van der Waals surface area contributed by atoms with Gasteiger partial charge in [-0.1, -0.05) is 176 Å². The normalized spacial score (nSPS) is 11.4. The van der Waals surface area contributed by atoms with Crippen molar-refractivity contribution in [2.24, 2.45) is 0 Å². The van der Waals surface area contributed by atoms with Crippen molar-refractivity contribution in [3.8, 4) is 39.1 Å². The van der Waals surface area contributed by atoms with Gasteiger partial charge in [0.1, 0.15) is 0 Å². The first kappa shape index (κ1) is 33.6. The van der Waals surface area contributed by atoms with Crippen LogP contribution in [0.2, 0.25) is 0 Å². The number of hydrogen-bond donors (Lipinski definition) is 0. The fourth-order valence-electron chi connectivity index (χ4n) is 8.90. The number of hydrogen-bond acceptors (Lipinski definition) is 1. The van der Waals surface area contributed by atoms with Crippen LogP contribution < -0.4 is 4.90 Å². The Balaban J connectivity index is 1.04. The van der Waals surface area contributed by atoms with Crippen LogP contribution in [0.5, 0.6) is 0 Å². The summed E-state index contributed by atoms with van der Waals surface area (Å²) in [6.07, 6.45) is 0. The molecule has 0 unspecified atom stereocenters. The number of nitrogens with zero attached hydrogens (tertiary/aromatic N) is 2. The first-order chi connectivity index (χ1) is 28.8. The summed E-state index contributed by atoms with van der Waals surface area (Å²) in [5.41, 5.74) is 14.0. The van der Waals surface area contributed by atoms with Crippen LogP contribution in [0.15, 0.2) is 231 Å². The zero-order chi connectivity index (χ0) is 38.4. The van der Waals surface area contributed by atoms with Crippen molar-refractivity contribution in [1.82, 2.24) is 4.57 Å². The van der Waals surface area contributed by atoms with Gasteiger partial charge in [-0.3, -0.25) is 0 Å². The molecule has 272 valence electrons. The van der Waals surface area contributed by atoms with Crippen molar-refractivity contribution in [3.05, 3.63) is 231 Å². The Hall–Kier alpha value is -7.68. The zero-order valence-corrected chi connectivity index (χ0v) is 31.8. The molecule has 0 amide bonds. The molecule has 11 rings (SSSR count). The van der Waals surface area contributed by atoms with Gasteiger partial charge in [-0.05, 0) is 110 Å². The van der Waals surface area contributed by atoms with Crippen molar-refractivity contribution in [2.45, 2.75) is 0 Å². The lowest BCUT2D eigenvalue weighted by atomic mass is 9.94.